The summed E-state index contributed by atoms with van der Waals surface area (Å²) < 4.78 is 41.0. The van der Waals surface area contributed by atoms with Crippen LogP contribution in [-0.2, 0) is 23.2 Å². The molecule has 37 heavy (non-hydrogen) atoms. The highest BCUT2D eigenvalue weighted by molar-refractivity contribution is 7.89. The van der Waals surface area contributed by atoms with Gasteiger partial charge in [0, 0.05) is 11.6 Å². The van der Waals surface area contributed by atoms with Crippen LogP contribution in [0.25, 0.3) is 0 Å². The first-order chi connectivity index (χ1) is 18.0. The minimum absolute atomic E-state index is 0.214. The third-order valence-corrected chi connectivity index (χ3v) is 8.21. The maximum atomic E-state index is 13.8. The normalized spacial score (nSPS) is 16.4. The van der Waals surface area contributed by atoms with Crippen molar-refractivity contribution in [2.75, 3.05) is 11.9 Å². The molecule has 0 spiro atoms. The molecule has 6 nitrogen and oxygen atoms in total. The van der Waals surface area contributed by atoms with Crippen LogP contribution in [0.5, 0.6) is 11.5 Å². The van der Waals surface area contributed by atoms with E-state index in [1.54, 1.807) is 18.2 Å². The number of hydrogen-bond acceptors (Lipinski definition) is 5. The highest BCUT2D eigenvalue weighted by atomic mass is 35.5. The first-order valence-corrected chi connectivity index (χ1v) is 13.8. The largest absolute Gasteiger partial charge is 0.490 e. The second kappa shape index (κ2) is 10.8. The summed E-state index contributed by atoms with van der Waals surface area (Å²) in [4.78, 5) is 0.258. The molecule has 0 fully saturated rings. The van der Waals surface area contributed by atoms with Gasteiger partial charge in [-0.3, -0.25) is 0 Å². The molecule has 0 aromatic heterocycles. The van der Waals surface area contributed by atoms with Gasteiger partial charge in [-0.25, -0.2) is 8.42 Å². The Bertz CT molecular complexity index is 1500. The predicted molar refractivity (Wildman–Crippen MR) is 145 cm³/mol. The van der Waals surface area contributed by atoms with Crippen LogP contribution in [0, 0.1) is 0 Å². The van der Waals surface area contributed by atoms with E-state index in [2.05, 4.69) is 5.32 Å². The van der Waals surface area contributed by atoms with Crippen molar-refractivity contribution >= 4 is 27.3 Å². The Hall–Kier alpha value is -3.52. The second-order valence-electron chi connectivity index (χ2n) is 8.64. The van der Waals surface area contributed by atoms with Gasteiger partial charge < -0.3 is 14.8 Å². The Labute approximate surface area is 222 Å². The summed E-state index contributed by atoms with van der Waals surface area (Å²) in [6.45, 7) is 2.87. The van der Waals surface area contributed by atoms with Crippen LogP contribution in [0.4, 0.5) is 5.69 Å². The van der Waals surface area contributed by atoms with Crippen LogP contribution < -0.4 is 14.8 Å². The summed E-state index contributed by atoms with van der Waals surface area (Å²) in [5.74, 6) is 1.11. The van der Waals surface area contributed by atoms with Gasteiger partial charge in [-0.1, -0.05) is 72.3 Å². The number of rotatable bonds is 8. The van der Waals surface area contributed by atoms with Gasteiger partial charge in [-0.05, 0) is 60.0 Å². The minimum atomic E-state index is -3.78. The molecular weight excluding hydrogens is 508 g/mol. The first-order valence-electron chi connectivity index (χ1n) is 12.0. The van der Waals surface area contributed by atoms with Gasteiger partial charge in [0.1, 0.15) is 17.7 Å². The predicted octanol–water partition coefficient (Wildman–Crippen LogP) is 6.63. The molecule has 1 unspecified atom stereocenters. The average molecular weight is 535 g/mol. The molecule has 5 rings (SSSR count). The van der Waals surface area contributed by atoms with Gasteiger partial charge in [-0.15, -0.1) is 0 Å². The van der Waals surface area contributed by atoms with Gasteiger partial charge in [-0.2, -0.15) is 4.31 Å². The third kappa shape index (κ3) is 5.44. The van der Waals surface area contributed by atoms with Crippen molar-refractivity contribution in [3.8, 4) is 11.5 Å². The summed E-state index contributed by atoms with van der Waals surface area (Å²) in [6, 6.07) is 29.6. The lowest BCUT2D eigenvalue weighted by Gasteiger charge is -2.37. The first kappa shape index (κ1) is 25.1. The van der Waals surface area contributed by atoms with E-state index in [1.165, 1.54) is 4.31 Å². The Morgan fingerprint density at radius 2 is 1.59 bits per heavy atom. The smallest absolute Gasteiger partial charge is 0.247 e. The Balaban J connectivity index is 1.51. The zero-order chi connectivity index (χ0) is 25.8. The van der Waals surface area contributed by atoms with Crippen LogP contribution in [0.2, 0.25) is 5.02 Å². The molecule has 4 aromatic carbocycles. The molecule has 0 saturated heterocycles. The third-order valence-electron chi connectivity index (χ3n) is 6.10. The van der Waals surface area contributed by atoms with Crippen LogP contribution >= 0.6 is 11.6 Å². The Morgan fingerprint density at radius 1 is 0.838 bits per heavy atom. The average Bonchev–Trinajstić information content (AvgIpc) is 2.90. The van der Waals surface area contributed by atoms with E-state index in [0.717, 1.165) is 16.7 Å². The van der Waals surface area contributed by atoms with E-state index in [0.29, 0.717) is 35.4 Å². The van der Waals surface area contributed by atoms with E-state index in [1.807, 2.05) is 85.8 Å². The summed E-state index contributed by atoms with van der Waals surface area (Å²) >= 11 is 6.10. The molecule has 0 saturated carbocycles. The number of fused-ring (bicyclic) bond motifs is 1. The van der Waals surface area contributed by atoms with E-state index < -0.39 is 16.2 Å². The molecule has 1 atom stereocenters. The molecule has 0 aliphatic carbocycles. The molecule has 1 aliphatic heterocycles. The quantitative estimate of drug-likeness (QED) is 0.275. The van der Waals surface area contributed by atoms with Crippen molar-refractivity contribution < 1.29 is 17.9 Å². The molecule has 0 amide bonds. The number of nitrogens with one attached hydrogen (secondary N) is 1. The van der Waals surface area contributed by atoms with Crippen molar-refractivity contribution in [1.82, 2.24) is 4.31 Å². The number of nitrogens with zero attached hydrogens (tertiary/aromatic N) is 1. The van der Waals surface area contributed by atoms with Crippen LogP contribution in [0.15, 0.2) is 102 Å². The summed E-state index contributed by atoms with van der Waals surface area (Å²) in [7, 11) is -3.78. The minimum Gasteiger partial charge on any atom is -0.490 e. The van der Waals surface area contributed by atoms with Crippen molar-refractivity contribution in [1.29, 1.82) is 0 Å². The van der Waals surface area contributed by atoms with Crippen LogP contribution in [0.3, 0.4) is 0 Å². The van der Waals surface area contributed by atoms with Crippen molar-refractivity contribution in [2.24, 2.45) is 0 Å². The fourth-order valence-electron chi connectivity index (χ4n) is 4.35. The molecule has 0 bridgehead atoms. The number of para-hydroxylation sites is 1. The van der Waals surface area contributed by atoms with E-state index >= 15 is 0 Å². The number of anilines is 1. The standard InChI is InChI=1S/C29H27ClN2O4S/c1-2-35-27-18-23(15-16-26(27)36-20-22-11-8-12-24(30)17-22)29-31-25-13-6-7-14-28(25)37(33,34)32(29)19-21-9-4-3-5-10-21/h3-18,29,31H,2,19-20H2,1H3. The summed E-state index contributed by atoms with van der Waals surface area (Å²) in [5.41, 5.74) is 3.14. The van der Waals surface area contributed by atoms with Crippen molar-refractivity contribution in [3.63, 3.8) is 0 Å². The van der Waals surface area contributed by atoms with E-state index in [-0.39, 0.29) is 11.4 Å². The molecule has 0 radical (unpaired) electrons. The highest BCUT2D eigenvalue weighted by Crippen LogP contribution is 2.41. The maximum Gasteiger partial charge on any atom is 0.247 e. The summed E-state index contributed by atoms with van der Waals surface area (Å²) in [6.07, 6.45) is -0.638. The molecule has 1 heterocycles. The fourth-order valence-corrected chi connectivity index (χ4v) is 6.25. The topological polar surface area (TPSA) is 67.9 Å². The second-order valence-corrected chi connectivity index (χ2v) is 10.9. The van der Waals surface area contributed by atoms with Gasteiger partial charge in [0.2, 0.25) is 10.0 Å². The molecule has 8 heteroatoms. The van der Waals surface area contributed by atoms with Gasteiger partial charge >= 0.3 is 0 Å². The Morgan fingerprint density at radius 3 is 2.38 bits per heavy atom. The fraction of sp³-hybridized carbons (Fsp3) is 0.172. The number of benzene rings is 4. The molecule has 4 aromatic rings. The number of ether oxygens (including phenoxy) is 2. The maximum absolute atomic E-state index is 13.8. The van der Waals surface area contributed by atoms with Crippen LogP contribution in [-0.4, -0.2) is 19.3 Å². The lowest BCUT2D eigenvalue weighted by Crippen LogP contribution is -2.42. The van der Waals surface area contributed by atoms with E-state index in [9.17, 15) is 8.42 Å². The van der Waals surface area contributed by atoms with Crippen LogP contribution in [0.1, 0.15) is 29.8 Å². The molecule has 190 valence electrons. The zero-order valence-corrected chi connectivity index (χ0v) is 21.9. The number of halogens is 1. The number of hydrogen-bond donors (Lipinski definition) is 1. The van der Waals surface area contributed by atoms with E-state index in [4.69, 9.17) is 21.1 Å². The monoisotopic (exact) mass is 534 g/mol. The number of sulfonamides is 1. The lowest BCUT2D eigenvalue weighted by atomic mass is 10.1. The summed E-state index contributed by atoms with van der Waals surface area (Å²) in [5, 5.41) is 4.07. The Kier molecular flexibility index (Phi) is 7.37. The molecule has 1 N–H and O–H groups in total. The SMILES string of the molecule is CCOc1cc(C2Nc3ccccc3S(=O)(=O)N2Cc2ccccc2)ccc1OCc1cccc(Cl)c1. The molecule has 1 aliphatic rings. The van der Waals surface area contributed by atoms with Gasteiger partial charge in [0.15, 0.2) is 11.5 Å². The molecular formula is C29H27ClN2O4S. The van der Waals surface area contributed by atoms with Crippen molar-refractivity contribution in [2.45, 2.75) is 31.1 Å². The van der Waals surface area contributed by atoms with Crippen molar-refractivity contribution in [3.05, 3.63) is 119 Å². The van der Waals surface area contributed by atoms with Gasteiger partial charge in [0.05, 0.1) is 12.3 Å². The van der Waals surface area contributed by atoms with Gasteiger partial charge in [0.25, 0.3) is 0 Å². The zero-order valence-electron chi connectivity index (χ0n) is 20.3. The highest BCUT2D eigenvalue weighted by Gasteiger charge is 2.39. The lowest BCUT2D eigenvalue weighted by molar-refractivity contribution is 0.268.